The molecule has 1 aromatic carbocycles. The Kier molecular flexibility index (Phi) is 4.28. The molecule has 0 fully saturated rings. The molecule has 5 heteroatoms. The Bertz CT molecular complexity index is 500. The first-order valence-electron chi connectivity index (χ1n) is 5.33. The lowest BCUT2D eigenvalue weighted by Gasteiger charge is -2.10. The standard InChI is InChI=1S/C12H17NO3S/c1-9-5-4-6-10(2)12(9)13-11(14)7-8-17(3,15)16/h4-6H,7-8H2,1-3H3,(H,13,14). The minimum absolute atomic E-state index is 0.00733. The fraction of sp³-hybridized carbons (Fsp3) is 0.417. The van der Waals surface area contributed by atoms with Gasteiger partial charge in [0.05, 0.1) is 5.75 Å². The van der Waals surface area contributed by atoms with Crippen LogP contribution in [0.25, 0.3) is 0 Å². The van der Waals surface area contributed by atoms with Crippen molar-refractivity contribution in [2.24, 2.45) is 0 Å². The second-order valence-electron chi connectivity index (χ2n) is 4.19. The summed E-state index contributed by atoms with van der Waals surface area (Å²) >= 11 is 0. The summed E-state index contributed by atoms with van der Waals surface area (Å²) in [5.41, 5.74) is 2.71. The van der Waals surface area contributed by atoms with E-state index in [0.717, 1.165) is 23.1 Å². The number of anilines is 1. The molecule has 0 aliphatic rings. The molecule has 0 radical (unpaired) electrons. The summed E-state index contributed by atoms with van der Waals surface area (Å²) in [6.45, 7) is 3.80. The van der Waals surface area contributed by atoms with Crippen molar-refractivity contribution in [3.63, 3.8) is 0 Å². The van der Waals surface area contributed by atoms with Crippen LogP contribution in [-0.2, 0) is 14.6 Å². The van der Waals surface area contributed by atoms with E-state index in [1.165, 1.54) is 0 Å². The highest BCUT2D eigenvalue weighted by atomic mass is 32.2. The molecule has 4 nitrogen and oxygen atoms in total. The molecule has 0 saturated carbocycles. The SMILES string of the molecule is Cc1cccc(C)c1NC(=O)CCS(C)(=O)=O. The zero-order valence-electron chi connectivity index (χ0n) is 10.3. The Morgan fingerprint density at radius 2 is 1.76 bits per heavy atom. The van der Waals surface area contributed by atoms with Gasteiger partial charge in [0.25, 0.3) is 0 Å². The van der Waals surface area contributed by atoms with Gasteiger partial charge >= 0.3 is 0 Å². The van der Waals surface area contributed by atoms with Crippen molar-refractivity contribution in [3.05, 3.63) is 29.3 Å². The number of aryl methyl sites for hydroxylation is 2. The van der Waals surface area contributed by atoms with Crippen molar-refractivity contribution >= 4 is 21.4 Å². The first-order chi connectivity index (χ1) is 7.79. The van der Waals surface area contributed by atoms with E-state index in [4.69, 9.17) is 0 Å². The number of benzene rings is 1. The molecule has 0 saturated heterocycles. The predicted octanol–water partition coefficient (Wildman–Crippen LogP) is 1.68. The van der Waals surface area contributed by atoms with Crippen LogP contribution < -0.4 is 5.32 Å². The van der Waals surface area contributed by atoms with Crippen LogP contribution in [0.3, 0.4) is 0 Å². The maximum absolute atomic E-state index is 11.6. The van der Waals surface area contributed by atoms with Crippen molar-refractivity contribution in [3.8, 4) is 0 Å². The lowest BCUT2D eigenvalue weighted by Crippen LogP contribution is -2.17. The molecular formula is C12H17NO3S. The van der Waals surface area contributed by atoms with Gasteiger partial charge in [-0.2, -0.15) is 0 Å². The lowest BCUT2D eigenvalue weighted by molar-refractivity contribution is -0.115. The number of para-hydroxylation sites is 1. The number of carbonyl (C=O) groups is 1. The molecule has 1 rings (SSSR count). The summed E-state index contributed by atoms with van der Waals surface area (Å²) in [7, 11) is -3.09. The van der Waals surface area contributed by atoms with Crippen molar-refractivity contribution in [2.45, 2.75) is 20.3 Å². The van der Waals surface area contributed by atoms with Gasteiger partial charge in [-0.25, -0.2) is 8.42 Å². The highest BCUT2D eigenvalue weighted by molar-refractivity contribution is 7.90. The third-order valence-corrected chi connectivity index (χ3v) is 3.39. The summed E-state index contributed by atoms with van der Waals surface area (Å²) in [5, 5.41) is 2.75. The summed E-state index contributed by atoms with van der Waals surface area (Å²) in [6, 6.07) is 5.72. The van der Waals surface area contributed by atoms with Crippen LogP contribution >= 0.6 is 0 Å². The minimum Gasteiger partial charge on any atom is -0.326 e. The Labute approximate surface area is 102 Å². The van der Waals surface area contributed by atoms with Gasteiger partial charge in [0.2, 0.25) is 5.91 Å². The van der Waals surface area contributed by atoms with Crippen LogP contribution in [0.2, 0.25) is 0 Å². The van der Waals surface area contributed by atoms with Crippen LogP contribution in [0.15, 0.2) is 18.2 Å². The summed E-state index contributed by atoms with van der Waals surface area (Å²) in [5.74, 6) is -0.392. The van der Waals surface area contributed by atoms with Crippen molar-refractivity contribution in [2.75, 3.05) is 17.3 Å². The topological polar surface area (TPSA) is 63.2 Å². The molecule has 0 bridgehead atoms. The fourth-order valence-corrected chi connectivity index (χ4v) is 2.05. The molecule has 0 heterocycles. The van der Waals surface area contributed by atoms with Gasteiger partial charge < -0.3 is 5.32 Å². The average molecular weight is 255 g/mol. The van der Waals surface area contributed by atoms with Crippen LogP contribution in [0, 0.1) is 13.8 Å². The van der Waals surface area contributed by atoms with E-state index in [-0.39, 0.29) is 18.1 Å². The number of sulfone groups is 1. The maximum atomic E-state index is 11.6. The highest BCUT2D eigenvalue weighted by Gasteiger charge is 2.10. The number of rotatable bonds is 4. The van der Waals surface area contributed by atoms with E-state index >= 15 is 0 Å². The molecular weight excluding hydrogens is 238 g/mol. The summed E-state index contributed by atoms with van der Waals surface area (Å²) in [4.78, 5) is 11.6. The van der Waals surface area contributed by atoms with E-state index in [9.17, 15) is 13.2 Å². The molecule has 94 valence electrons. The van der Waals surface area contributed by atoms with Gasteiger partial charge in [0.1, 0.15) is 9.84 Å². The molecule has 1 N–H and O–H groups in total. The quantitative estimate of drug-likeness (QED) is 0.890. The largest absolute Gasteiger partial charge is 0.326 e. The van der Waals surface area contributed by atoms with E-state index in [0.29, 0.717) is 0 Å². The van der Waals surface area contributed by atoms with Gasteiger partial charge in [-0.15, -0.1) is 0 Å². The molecule has 0 aliphatic heterocycles. The molecule has 1 aromatic rings. The summed E-state index contributed by atoms with van der Waals surface area (Å²) in [6.07, 6.45) is 1.12. The maximum Gasteiger partial charge on any atom is 0.225 e. The van der Waals surface area contributed by atoms with Crippen LogP contribution in [-0.4, -0.2) is 26.3 Å². The second-order valence-corrected chi connectivity index (χ2v) is 6.45. The fourth-order valence-electron chi connectivity index (χ4n) is 1.49. The van der Waals surface area contributed by atoms with Gasteiger partial charge in [0, 0.05) is 18.4 Å². The average Bonchev–Trinajstić information content (AvgIpc) is 2.20. The van der Waals surface area contributed by atoms with E-state index in [1.54, 1.807) is 0 Å². The van der Waals surface area contributed by atoms with E-state index in [2.05, 4.69) is 5.32 Å². The molecule has 17 heavy (non-hydrogen) atoms. The van der Waals surface area contributed by atoms with Crippen molar-refractivity contribution in [1.82, 2.24) is 0 Å². The second kappa shape index (κ2) is 5.31. The molecule has 0 spiro atoms. The van der Waals surface area contributed by atoms with Crippen LogP contribution in [0.5, 0.6) is 0 Å². The molecule has 1 amide bonds. The van der Waals surface area contributed by atoms with Gasteiger partial charge in [-0.1, -0.05) is 18.2 Å². The zero-order chi connectivity index (χ0) is 13.1. The smallest absolute Gasteiger partial charge is 0.225 e. The lowest BCUT2D eigenvalue weighted by atomic mass is 10.1. The monoisotopic (exact) mass is 255 g/mol. The molecule has 0 unspecified atom stereocenters. The Hall–Kier alpha value is -1.36. The van der Waals surface area contributed by atoms with Gasteiger partial charge in [0.15, 0.2) is 0 Å². The molecule has 0 atom stereocenters. The number of carbonyl (C=O) groups excluding carboxylic acids is 1. The zero-order valence-corrected chi connectivity index (χ0v) is 11.1. The minimum atomic E-state index is -3.09. The van der Waals surface area contributed by atoms with E-state index < -0.39 is 9.84 Å². The Morgan fingerprint density at radius 3 is 2.24 bits per heavy atom. The van der Waals surface area contributed by atoms with Gasteiger partial charge in [-0.3, -0.25) is 4.79 Å². The first-order valence-corrected chi connectivity index (χ1v) is 7.39. The van der Waals surface area contributed by atoms with Gasteiger partial charge in [-0.05, 0) is 25.0 Å². The predicted molar refractivity (Wildman–Crippen MR) is 68.9 cm³/mol. The molecule has 0 aliphatic carbocycles. The van der Waals surface area contributed by atoms with Crippen LogP contribution in [0.1, 0.15) is 17.5 Å². The Morgan fingerprint density at radius 1 is 1.24 bits per heavy atom. The number of amides is 1. The highest BCUT2D eigenvalue weighted by Crippen LogP contribution is 2.19. The summed E-state index contributed by atoms with van der Waals surface area (Å²) < 4.78 is 21.9. The Balaban J connectivity index is 2.69. The number of nitrogens with one attached hydrogen (secondary N) is 1. The number of hydrogen-bond donors (Lipinski definition) is 1. The molecule has 0 aromatic heterocycles. The number of hydrogen-bond acceptors (Lipinski definition) is 3. The normalized spacial score (nSPS) is 11.2. The van der Waals surface area contributed by atoms with Crippen molar-refractivity contribution in [1.29, 1.82) is 0 Å². The third kappa shape index (κ3) is 4.56. The van der Waals surface area contributed by atoms with E-state index in [1.807, 2.05) is 32.0 Å². The van der Waals surface area contributed by atoms with Crippen molar-refractivity contribution < 1.29 is 13.2 Å². The third-order valence-electron chi connectivity index (χ3n) is 2.45. The first kappa shape index (κ1) is 13.7. The van der Waals surface area contributed by atoms with Crippen LogP contribution in [0.4, 0.5) is 5.69 Å².